The van der Waals surface area contributed by atoms with Crippen molar-refractivity contribution < 1.29 is 4.79 Å². The Balaban J connectivity index is 1.98. The molecule has 1 aromatic heterocycles. The topological polar surface area (TPSA) is 83.8 Å². The number of thioether (sulfide) groups is 1. The number of imidazole rings is 1. The Morgan fingerprint density at radius 1 is 1.50 bits per heavy atom. The van der Waals surface area contributed by atoms with Gasteiger partial charge in [-0.1, -0.05) is 23.9 Å². The number of carbonyl (C=O) groups excluding carboxylic acids is 1. The summed E-state index contributed by atoms with van der Waals surface area (Å²) < 4.78 is 0. The van der Waals surface area contributed by atoms with Gasteiger partial charge in [-0.05, 0) is 19.1 Å². The third-order valence-electron chi connectivity index (χ3n) is 2.35. The number of rotatable bonds is 4. The molecule has 1 amide bonds. The van der Waals surface area contributed by atoms with Crippen molar-refractivity contribution in [3.8, 4) is 0 Å². The van der Waals surface area contributed by atoms with Gasteiger partial charge in [-0.25, -0.2) is 4.98 Å². The number of amides is 1. The second kappa shape index (κ2) is 5.59. The zero-order chi connectivity index (χ0) is 13.0. The Morgan fingerprint density at radius 2 is 2.28 bits per heavy atom. The zero-order valence-corrected chi connectivity index (χ0v) is 10.7. The molecule has 0 aliphatic heterocycles. The molecule has 0 aliphatic rings. The maximum Gasteiger partial charge on any atom is 0.237 e. The zero-order valence-electron chi connectivity index (χ0n) is 9.88. The van der Waals surface area contributed by atoms with Crippen LogP contribution >= 0.6 is 11.8 Å². The lowest BCUT2D eigenvalue weighted by molar-refractivity contribution is -0.115. The van der Waals surface area contributed by atoms with Crippen LogP contribution in [0.4, 0.5) is 11.4 Å². The van der Waals surface area contributed by atoms with Crippen LogP contribution < -0.4 is 11.1 Å². The van der Waals surface area contributed by atoms with Crippen molar-refractivity contribution in [3.63, 3.8) is 0 Å². The first-order valence-electron chi connectivity index (χ1n) is 5.48. The van der Waals surface area contributed by atoms with Gasteiger partial charge in [0.25, 0.3) is 0 Å². The lowest BCUT2D eigenvalue weighted by atomic mass is 10.2. The monoisotopic (exact) mass is 262 g/mol. The number of anilines is 2. The van der Waals surface area contributed by atoms with Gasteiger partial charge in [0.15, 0.2) is 5.16 Å². The van der Waals surface area contributed by atoms with E-state index in [4.69, 9.17) is 5.73 Å². The molecule has 6 heteroatoms. The predicted molar refractivity (Wildman–Crippen MR) is 73.4 cm³/mol. The number of hydrogen-bond acceptors (Lipinski definition) is 4. The third kappa shape index (κ3) is 3.04. The van der Waals surface area contributed by atoms with Gasteiger partial charge in [0, 0.05) is 12.4 Å². The molecule has 1 heterocycles. The summed E-state index contributed by atoms with van der Waals surface area (Å²) in [5.74, 6) is -0.102. The number of nitrogens with zero attached hydrogens (tertiary/aromatic N) is 1. The number of aromatic amines is 1. The molecule has 2 aromatic rings. The summed E-state index contributed by atoms with van der Waals surface area (Å²) >= 11 is 1.36. The molecule has 5 nitrogen and oxygen atoms in total. The van der Waals surface area contributed by atoms with Crippen LogP contribution in [0.5, 0.6) is 0 Å². The first-order valence-corrected chi connectivity index (χ1v) is 6.36. The van der Waals surface area contributed by atoms with E-state index in [0.29, 0.717) is 11.4 Å². The summed E-state index contributed by atoms with van der Waals surface area (Å²) in [6.07, 6.45) is 3.38. The van der Waals surface area contributed by atoms with Gasteiger partial charge in [0.1, 0.15) is 0 Å². The summed E-state index contributed by atoms with van der Waals surface area (Å²) in [6.45, 7) is 1.82. The van der Waals surface area contributed by atoms with Gasteiger partial charge >= 0.3 is 0 Å². The highest BCUT2D eigenvalue weighted by molar-refractivity contribution is 8.00. The Labute approximate surface area is 109 Å². The van der Waals surface area contributed by atoms with Crippen LogP contribution in [0.3, 0.4) is 0 Å². The number of carbonyl (C=O) groups is 1. The van der Waals surface area contributed by atoms with Crippen LogP contribution in [0.2, 0.25) is 0 Å². The number of nitrogens with two attached hydrogens (primary N) is 1. The summed E-state index contributed by atoms with van der Waals surface area (Å²) in [5, 5.41) is 3.26. The largest absolute Gasteiger partial charge is 0.397 e. The Morgan fingerprint density at radius 3 is 2.94 bits per heavy atom. The molecule has 1 atom stereocenters. The second-order valence-electron chi connectivity index (χ2n) is 3.73. The van der Waals surface area contributed by atoms with Crippen LogP contribution in [0.15, 0.2) is 41.8 Å². The van der Waals surface area contributed by atoms with Gasteiger partial charge in [-0.2, -0.15) is 0 Å². The number of H-pyrrole nitrogens is 1. The van der Waals surface area contributed by atoms with Crippen molar-refractivity contribution in [2.24, 2.45) is 0 Å². The van der Waals surface area contributed by atoms with Gasteiger partial charge in [0.05, 0.1) is 16.6 Å². The molecule has 2 rings (SSSR count). The quantitative estimate of drug-likeness (QED) is 0.582. The molecule has 0 spiro atoms. The van der Waals surface area contributed by atoms with E-state index >= 15 is 0 Å². The minimum atomic E-state index is -0.254. The highest BCUT2D eigenvalue weighted by atomic mass is 32.2. The van der Waals surface area contributed by atoms with Crippen molar-refractivity contribution in [2.75, 3.05) is 11.1 Å². The molecule has 4 N–H and O–H groups in total. The predicted octanol–water partition coefficient (Wildman–Crippen LogP) is 2.11. The molecule has 0 saturated heterocycles. The Hall–Kier alpha value is -1.95. The number of aromatic nitrogens is 2. The van der Waals surface area contributed by atoms with E-state index in [-0.39, 0.29) is 11.2 Å². The molecule has 1 unspecified atom stereocenters. The van der Waals surface area contributed by atoms with E-state index in [0.717, 1.165) is 5.16 Å². The van der Waals surface area contributed by atoms with Crippen molar-refractivity contribution in [3.05, 3.63) is 36.7 Å². The van der Waals surface area contributed by atoms with Gasteiger partial charge in [0.2, 0.25) is 5.91 Å². The molecule has 0 fully saturated rings. The average molecular weight is 262 g/mol. The second-order valence-corrected chi connectivity index (χ2v) is 5.06. The van der Waals surface area contributed by atoms with Crippen molar-refractivity contribution >= 4 is 29.0 Å². The van der Waals surface area contributed by atoms with Crippen molar-refractivity contribution in [1.82, 2.24) is 9.97 Å². The summed E-state index contributed by atoms with van der Waals surface area (Å²) in [6, 6.07) is 7.18. The van der Waals surface area contributed by atoms with Crippen molar-refractivity contribution in [1.29, 1.82) is 0 Å². The minimum Gasteiger partial charge on any atom is -0.397 e. The fourth-order valence-corrected chi connectivity index (χ4v) is 2.14. The van der Waals surface area contributed by atoms with Gasteiger partial charge in [-0.3, -0.25) is 4.79 Å². The normalized spacial score (nSPS) is 12.1. The fourth-order valence-electron chi connectivity index (χ4n) is 1.38. The maximum atomic E-state index is 12.0. The highest BCUT2D eigenvalue weighted by Gasteiger charge is 2.16. The summed E-state index contributed by atoms with van der Waals surface area (Å²) in [7, 11) is 0. The van der Waals surface area contributed by atoms with Crippen LogP contribution in [0, 0.1) is 0 Å². The lowest BCUT2D eigenvalue weighted by Gasteiger charge is -2.11. The van der Waals surface area contributed by atoms with E-state index in [1.54, 1.807) is 24.5 Å². The van der Waals surface area contributed by atoms with Gasteiger partial charge < -0.3 is 16.0 Å². The van der Waals surface area contributed by atoms with E-state index in [9.17, 15) is 4.79 Å². The van der Waals surface area contributed by atoms with Crippen molar-refractivity contribution in [2.45, 2.75) is 17.3 Å². The summed E-state index contributed by atoms with van der Waals surface area (Å²) in [4.78, 5) is 19.0. The SMILES string of the molecule is CC(Sc1ncc[nH]1)C(=O)Nc1ccccc1N. The molecule has 0 bridgehead atoms. The number of para-hydroxylation sites is 2. The number of nitrogen functional groups attached to an aromatic ring is 1. The number of benzene rings is 1. The molecular weight excluding hydrogens is 248 g/mol. The Kier molecular flexibility index (Phi) is 3.88. The van der Waals surface area contributed by atoms with Gasteiger partial charge in [-0.15, -0.1) is 0 Å². The number of hydrogen-bond donors (Lipinski definition) is 3. The molecule has 0 radical (unpaired) electrons. The average Bonchev–Trinajstić information content (AvgIpc) is 2.84. The minimum absolute atomic E-state index is 0.102. The molecule has 18 heavy (non-hydrogen) atoms. The number of nitrogens with one attached hydrogen (secondary N) is 2. The van der Waals surface area contributed by atoms with Crippen LogP contribution in [0.25, 0.3) is 0 Å². The highest BCUT2D eigenvalue weighted by Crippen LogP contribution is 2.22. The summed E-state index contributed by atoms with van der Waals surface area (Å²) in [5.41, 5.74) is 6.96. The Bertz CT molecular complexity index is 527. The van der Waals surface area contributed by atoms with E-state index in [1.165, 1.54) is 11.8 Å². The standard InChI is InChI=1S/C12H14N4OS/c1-8(18-12-14-6-7-15-12)11(17)16-10-5-3-2-4-9(10)13/h2-8H,13H2,1H3,(H,14,15)(H,16,17). The third-order valence-corrected chi connectivity index (χ3v) is 3.36. The molecule has 1 aromatic carbocycles. The van der Waals surface area contributed by atoms with Crippen LogP contribution in [-0.4, -0.2) is 21.1 Å². The molecule has 0 saturated carbocycles. The fraction of sp³-hybridized carbons (Fsp3) is 0.167. The van der Waals surface area contributed by atoms with Crippen LogP contribution in [-0.2, 0) is 4.79 Å². The van der Waals surface area contributed by atoms with E-state index in [1.807, 2.05) is 19.1 Å². The van der Waals surface area contributed by atoms with E-state index < -0.39 is 0 Å². The molecular formula is C12H14N4OS. The molecule has 94 valence electrons. The van der Waals surface area contributed by atoms with E-state index in [2.05, 4.69) is 15.3 Å². The first kappa shape index (κ1) is 12.5. The first-order chi connectivity index (χ1) is 8.66. The molecule has 0 aliphatic carbocycles. The van der Waals surface area contributed by atoms with Crippen LogP contribution in [0.1, 0.15) is 6.92 Å². The maximum absolute atomic E-state index is 12.0. The lowest BCUT2D eigenvalue weighted by Crippen LogP contribution is -2.23. The smallest absolute Gasteiger partial charge is 0.237 e.